The Balaban J connectivity index is 2.34. The molecular weight excluding hydrogens is 128 g/mol. The van der Waals surface area contributed by atoms with Crippen LogP contribution in [0.15, 0.2) is 27.3 Å². The fourth-order valence-corrected chi connectivity index (χ4v) is 0.828. The molecule has 0 aliphatic carbocycles. The van der Waals surface area contributed by atoms with Gasteiger partial charge in [-0.3, -0.25) is 9.89 Å². The third-order valence-electron chi connectivity index (χ3n) is 1.29. The van der Waals surface area contributed by atoms with Crippen LogP contribution >= 0.6 is 0 Å². The first-order chi connectivity index (χ1) is 4.97. The van der Waals surface area contributed by atoms with Crippen molar-refractivity contribution in [3.05, 3.63) is 12.3 Å². The molecule has 0 aromatic rings. The zero-order chi connectivity index (χ0) is 6.81. The zero-order valence-corrected chi connectivity index (χ0v) is 5.31. The molecule has 4 nitrogen and oxygen atoms in total. The normalized spacial score (nSPS) is 20.8. The van der Waals surface area contributed by atoms with Crippen LogP contribution < -0.4 is 0 Å². The van der Waals surface area contributed by atoms with Crippen LogP contribution in [0, 0.1) is 0 Å². The molecule has 2 rings (SSSR count). The van der Waals surface area contributed by atoms with Crippen molar-refractivity contribution in [2.75, 3.05) is 6.67 Å². The Morgan fingerprint density at radius 2 is 2.50 bits per heavy atom. The second-order valence-electron chi connectivity index (χ2n) is 1.96. The maximum atomic E-state index is 4.02. The molecule has 0 radical (unpaired) electrons. The summed E-state index contributed by atoms with van der Waals surface area (Å²) in [5, 5.41) is 0. The van der Waals surface area contributed by atoms with E-state index in [0.29, 0.717) is 6.67 Å². The molecule has 0 amide bonds. The van der Waals surface area contributed by atoms with Gasteiger partial charge in [0.15, 0.2) is 0 Å². The highest BCUT2D eigenvalue weighted by molar-refractivity contribution is 5.98. The Hall–Kier alpha value is -1.45. The van der Waals surface area contributed by atoms with Gasteiger partial charge in [0, 0.05) is 12.4 Å². The van der Waals surface area contributed by atoms with Gasteiger partial charge in [0.25, 0.3) is 0 Å². The van der Waals surface area contributed by atoms with Gasteiger partial charge in [-0.05, 0) is 6.08 Å². The van der Waals surface area contributed by atoms with Crippen molar-refractivity contribution >= 4 is 18.5 Å². The molecule has 0 fully saturated rings. The quantitative estimate of drug-likeness (QED) is 0.468. The van der Waals surface area contributed by atoms with Gasteiger partial charge >= 0.3 is 0 Å². The molecule has 2 aliphatic heterocycles. The summed E-state index contributed by atoms with van der Waals surface area (Å²) in [5.41, 5.74) is 0. The molecule has 0 spiro atoms. The van der Waals surface area contributed by atoms with Crippen molar-refractivity contribution in [2.24, 2.45) is 15.0 Å². The van der Waals surface area contributed by atoms with Gasteiger partial charge in [-0.1, -0.05) is 0 Å². The van der Waals surface area contributed by atoms with E-state index in [9.17, 15) is 0 Å². The van der Waals surface area contributed by atoms with E-state index in [1.165, 1.54) is 6.34 Å². The molecule has 10 heavy (non-hydrogen) atoms. The fourth-order valence-electron chi connectivity index (χ4n) is 0.828. The van der Waals surface area contributed by atoms with Gasteiger partial charge in [0.1, 0.15) is 13.0 Å². The summed E-state index contributed by atoms with van der Waals surface area (Å²) < 4.78 is 0. The number of nitrogens with zero attached hydrogens (tertiary/aromatic N) is 4. The summed E-state index contributed by atoms with van der Waals surface area (Å²) in [6.07, 6.45) is 7.01. The molecule has 4 heteroatoms. The summed E-state index contributed by atoms with van der Waals surface area (Å²) in [4.78, 5) is 13.8. The Morgan fingerprint density at radius 3 is 3.40 bits per heavy atom. The van der Waals surface area contributed by atoms with E-state index < -0.39 is 0 Å². The maximum Gasteiger partial charge on any atom is 0.232 e. The molecule has 0 unspecified atom stereocenters. The first-order valence-electron chi connectivity index (χ1n) is 3.00. The van der Waals surface area contributed by atoms with Crippen LogP contribution in [0.25, 0.3) is 0 Å². The summed E-state index contributed by atoms with van der Waals surface area (Å²) in [7, 11) is 0. The number of hydrogen-bond acceptors (Lipinski definition) is 4. The number of aliphatic imine (C=N–C) groups is 3. The zero-order valence-electron chi connectivity index (χ0n) is 5.31. The highest BCUT2D eigenvalue weighted by atomic mass is 15.3. The van der Waals surface area contributed by atoms with Gasteiger partial charge in [-0.25, -0.2) is 9.98 Å². The van der Waals surface area contributed by atoms with Crippen molar-refractivity contribution in [3.63, 3.8) is 0 Å². The highest BCUT2D eigenvalue weighted by Gasteiger charge is 2.09. The Kier molecular flexibility index (Phi) is 1.10. The lowest BCUT2D eigenvalue weighted by Gasteiger charge is -2.19. The first kappa shape index (κ1) is 5.34. The summed E-state index contributed by atoms with van der Waals surface area (Å²) >= 11 is 0. The molecule has 0 atom stereocenters. The lowest BCUT2D eigenvalue weighted by atomic mass is 10.5. The molecule has 2 heterocycles. The molecule has 0 aromatic heterocycles. The van der Waals surface area contributed by atoms with E-state index in [1.807, 2.05) is 17.2 Å². The second-order valence-corrected chi connectivity index (χ2v) is 1.96. The van der Waals surface area contributed by atoms with Crippen molar-refractivity contribution < 1.29 is 0 Å². The molecular formula is C6H6N4. The number of allylic oxidation sites excluding steroid dienone is 1. The molecule has 0 aromatic carbocycles. The summed E-state index contributed by atoms with van der Waals surface area (Å²) in [6, 6.07) is 0. The van der Waals surface area contributed by atoms with Crippen LogP contribution in [0.1, 0.15) is 0 Å². The minimum Gasteiger partial charge on any atom is -0.297 e. The smallest absolute Gasteiger partial charge is 0.232 e. The van der Waals surface area contributed by atoms with Crippen molar-refractivity contribution in [1.82, 2.24) is 4.90 Å². The molecule has 0 saturated carbocycles. The Bertz CT molecular complexity index is 248. The predicted octanol–water partition coefficient (Wildman–Crippen LogP) is 0.242. The molecule has 0 bridgehead atoms. The Labute approximate surface area is 58.3 Å². The predicted molar refractivity (Wildman–Crippen MR) is 40.3 cm³/mol. The number of fused-ring (bicyclic) bond motifs is 1. The van der Waals surface area contributed by atoms with E-state index in [2.05, 4.69) is 15.0 Å². The number of guanidine groups is 1. The SMILES string of the molecule is C1=CN2CN=CN=C2N=C1. The van der Waals surface area contributed by atoms with E-state index in [1.54, 1.807) is 6.21 Å². The third-order valence-corrected chi connectivity index (χ3v) is 1.29. The second kappa shape index (κ2) is 2.06. The third kappa shape index (κ3) is 0.737. The minimum atomic E-state index is 0.632. The lowest BCUT2D eigenvalue weighted by molar-refractivity contribution is 0.561. The first-order valence-corrected chi connectivity index (χ1v) is 3.00. The molecule has 0 saturated heterocycles. The van der Waals surface area contributed by atoms with Crippen LogP contribution in [0.4, 0.5) is 0 Å². The lowest BCUT2D eigenvalue weighted by Crippen LogP contribution is -2.28. The highest BCUT2D eigenvalue weighted by Crippen LogP contribution is 2.02. The molecule has 50 valence electrons. The number of hydrogen-bond donors (Lipinski definition) is 0. The van der Waals surface area contributed by atoms with E-state index in [0.717, 1.165) is 5.96 Å². The summed E-state index contributed by atoms with van der Waals surface area (Å²) in [5.74, 6) is 0.720. The number of rotatable bonds is 0. The largest absolute Gasteiger partial charge is 0.297 e. The van der Waals surface area contributed by atoms with E-state index in [4.69, 9.17) is 0 Å². The molecule has 2 aliphatic rings. The van der Waals surface area contributed by atoms with Crippen molar-refractivity contribution in [2.45, 2.75) is 0 Å². The average Bonchev–Trinajstić information content (AvgIpc) is 2.05. The van der Waals surface area contributed by atoms with Crippen LogP contribution in [0.3, 0.4) is 0 Å². The van der Waals surface area contributed by atoms with Gasteiger partial charge in [0.2, 0.25) is 5.96 Å². The molecule has 0 N–H and O–H groups in total. The fraction of sp³-hybridized carbons (Fsp3) is 0.167. The van der Waals surface area contributed by atoms with Crippen molar-refractivity contribution in [1.29, 1.82) is 0 Å². The van der Waals surface area contributed by atoms with Crippen LogP contribution in [0.2, 0.25) is 0 Å². The topological polar surface area (TPSA) is 40.3 Å². The average molecular weight is 134 g/mol. The van der Waals surface area contributed by atoms with Crippen LogP contribution in [-0.2, 0) is 0 Å². The van der Waals surface area contributed by atoms with Gasteiger partial charge < -0.3 is 0 Å². The van der Waals surface area contributed by atoms with E-state index >= 15 is 0 Å². The monoisotopic (exact) mass is 134 g/mol. The van der Waals surface area contributed by atoms with Gasteiger partial charge in [0.05, 0.1) is 0 Å². The minimum absolute atomic E-state index is 0.632. The Morgan fingerprint density at radius 1 is 1.50 bits per heavy atom. The summed E-state index contributed by atoms with van der Waals surface area (Å²) in [6.45, 7) is 0.632. The van der Waals surface area contributed by atoms with Gasteiger partial charge in [-0.2, -0.15) is 0 Å². The maximum absolute atomic E-state index is 4.02. The van der Waals surface area contributed by atoms with Crippen molar-refractivity contribution in [3.8, 4) is 0 Å². The standard InChI is InChI=1S/C6H6N4/c1-2-8-6-9-4-7-5-10(6)3-1/h1-4H,5H2. The van der Waals surface area contributed by atoms with Crippen LogP contribution in [-0.4, -0.2) is 30.1 Å². The van der Waals surface area contributed by atoms with Gasteiger partial charge in [-0.15, -0.1) is 0 Å². The van der Waals surface area contributed by atoms with Crippen LogP contribution in [0.5, 0.6) is 0 Å². The van der Waals surface area contributed by atoms with E-state index in [-0.39, 0.29) is 0 Å².